The number of aryl methyl sites for hydroxylation is 1. The summed E-state index contributed by atoms with van der Waals surface area (Å²) in [7, 11) is 1.55. The van der Waals surface area contributed by atoms with Gasteiger partial charge in [-0.25, -0.2) is 0 Å². The number of hydrogen-bond acceptors (Lipinski definition) is 4. The molecule has 2 N–H and O–H groups in total. The minimum absolute atomic E-state index is 0.205. The standard InChI is InChI=1S/C25H26N2O4/c1-18-12-13-22(23(16-18)30-2)31-17-24(28)27-21-11-7-6-10-20(21)25(29)26-15-14-19-8-4-3-5-9-19/h3-13,16H,14-15,17H2,1-2H3,(H,26,29)(H,27,28). The molecule has 3 rings (SSSR count). The van der Waals surface area contributed by atoms with E-state index in [1.807, 2.05) is 49.4 Å². The number of methoxy groups -OCH3 is 1. The Bertz CT molecular complexity index is 1030. The van der Waals surface area contributed by atoms with Crippen molar-refractivity contribution in [2.24, 2.45) is 0 Å². The molecule has 3 aromatic carbocycles. The zero-order valence-corrected chi connectivity index (χ0v) is 17.7. The number of para-hydroxylation sites is 1. The number of anilines is 1. The fourth-order valence-electron chi connectivity index (χ4n) is 3.07. The van der Waals surface area contributed by atoms with Gasteiger partial charge in [0.25, 0.3) is 11.8 Å². The van der Waals surface area contributed by atoms with Crippen LogP contribution >= 0.6 is 0 Å². The molecular formula is C25H26N2O4. The van der Waals surface area contributed by atoms with Crippen LogP contribution in [0.25, 0.3) is 0 Å². The SMILES string of the molecule is COc1cc(C)ccc1OCC(=O)Nc1ccccc1C(=O)NCCc1ccccc1. The first-order valence-corrected chi connectivity index (χ1v) is 10.1. The first kappa shape index (κ1) is 21.9. The van der Waals surface area contributed by atoms with Crippen molar-refractivity contribution in [2.75, 3.05) is 25.6 Å². The predicted octanol–water partition coefficient (Wildman–Crippen LogP) is 3.99. The van der Waals surface area contributed by atoms with Crippen LogP contribution in [0.2, 0.25) is 0 Å². The summed E-state index contributed by atoms with van der Waals surface area (Å²) in [6.07, 6.45) is 0.729. The van der Waals surface area contributed by atoms with E-state index in [0.717, 1.165) is 17.5 Å². The lowest BCUT2D eigenvalue weighted by atomic mass is 10.1. The van der Waals surface area contributed by atoms with E-state index in [2.05, 4.69) is 10.6 Å². The lowest BCUT2D eigenvalue weighted by Gasteiger charge is -2.13. The van der Waals surface area contributed by atoms with Crippen LogP contribution in [0.15, 0.2) is 72.8 Å². The lowest BCUT2D eigenvalue weighted by Crippen LogP contribution is -2.28. The van der Waals surface area contributed by atoms with E-state index in [0.29, 0.717) is 29.3 Å². The Labute approximate surface area is 182 Å². The molecule has 0 spiro atoms. The molecule has 0 fully saturated rings. The van der Waals surface area contributed by atoms with Gasteiger partial charge in [0.15, 0.2) is 18.1 Å². The maximum Gasteiger partial charge on any atom is 0.262 e. The number of hydrogen-bond donors (Lipinski definition) is 2. The molecule has 0 aromatic heterocycles. The summed E-state index contributed by atoms with van der Waals surface area (Å²) < 4.78 is 10.9. The summed E-state index contributed by atoms with van der Waals surface area (Å²) in [4.78, 5) is 25.0. The van der Waals surface area contributed by atoms with Gasteiger partial charge in [-0.3, -0.25) is 9.59 Å². The highest BCUT2D eigenvalue weighted by Gasteiger charge is 2.14. The van der Waals surface area contributed by atoms with Crippen LogP contribution in [-0.4, -0.2) is 32.1 Å². The highest BCUT2D eigenvalue weighted by Crippen LogP contribution is 2.27. The summed E-state index contributed by atoms with van der Waals surface area (Å²) in [5, 5.41) is 5.65. The quantitative estimate of drug-likeness (QED) is 0.551. The molecular weight excluding hydrogens is 392 g/mol. The summed E-state index contributed by atoms with van der Waals surface area (Å²) in [6.45, 7) is 2.24. The average Bonchev–Trinajstić information content (AvgIpc) is 2.79. The molecule has 6 heteroatoms. The van der Waals surface area contributed by atoms with Gasteiger partial charge in [0, 0.05) is 6.54 Å². The Balaban J connectivity index is 1.57. The van der Waals surface area contributed by atoms with Gasteiger partial charge in [-0.1, -0.05) is 48.5 Å². The third kappa shape index (κ3) is 6.34. The fourth-order valence-corrected chi connectivity index (χ4v) is 3.07. The molecule has 0 saturated carbocycles. The first-order valence-electron chi connectivity index (χ1n) is 10.1. The zero-order chi connectivity index (χ0) is 22.1. The van der Waals surface area contributed by atoms with Crippen LogP contribution in [-0.2, 0) is 11.2 Å². The van der Waals surface area contributed by atoms with Gasteiger partial charge < -0.3 is 20.1 Å². The third-order valence-corrected chi connectivity index (χ3v) is 4.67. The number of benzene rings is 3. The Morgan fingerprint density at radius 1 is 0.903 bits per heavy atom. The minimum atomic E-state index is -0.368. The van der Waals surface area contributed by atoms with E-state index < -0.39 is 0 Å². The molecule has 0 saturated heterocycles. The van der Waals surface area contributed by atoms with Gasteiger partial charge in [0.05, 0.1) is 18.4 Å². The highest BCUT2D eigenvalue weighted by atomic mass is 16.5. The predicted molar refractivity (Wildman–Crippen MR) is 121 cm³/mol. The van der Waals surface area contributed by atoms with E-state index in [1.54, 1.807) is 37.4 Å². The number of rotatable bonds is 9. The average molecular weight is 418 g/mol. The van der Waals surface area contributed by atoms with E-state index in [4.69, 9.17) is 9.47 Å². The van der Waals surface area contributed by atoms with Crippen molar-refractivity contribution in [3.8, 4) is 11.5 Å². The molecule has 2 amide bonds. The molecule has 0 radical (unpaired) electrons. The van der Waals surface area contributed by atoms with E-state index in [9.17, 15) is 9.59 Å². The Morgan fingerprint density at radius 3 is 2.42 bits per heavy atom. The maximum absolute atomic E-state index is 12.6. The number of carbonyl (C=O) groups excluding carboxylic acids is 2. The fraction of sp³-hybridized carbons (Fsp3) is 0.200. The zero-order valence-electron chi connectivity index (χ0n) is 17.7. The Morgan fingerprint density at radius 2 is 1.65 bits per heavy atom. The summed E-state index contributed by atoms with van der Waals surface area (Å²) >= 11 is 0. The van der Waals surface area contributed by atoms with Crippen LogP contribution in [0.4, 0.5) is 5.69 Å². The number of ether oxygens (including phenoxy) is 2. The summed E-state index contributed by atoms with van der Waals surface area (Å²) in [5.41, 5.74) is 3.01. The first-order chi connectivity index (χ1) is 15.1. The Kier molecular flexibility index (Phi) is 7.65. The van der Waals surface area contributed by atoms with Gasteiger partial charge in [0.1, 0.15) is 0 Å². The van der Waals surface area contributed by atoms with Crippen LogP contribution < -0.4 is 20.1 Å². The highest BCUT2D eigenvalue weighted by molar-refractivity contribution is 6.04. The van der Waals surface area contributed by atoms with E-state index in [-0.39, 0.29) is 18.4 Å². The van der Waals surface area contributed by atoms with E-state index >= 15 is 0 Å². The largest absolute Gasteiger partial charge is 0.493 e. The molecule has 3 aromatic rings. The smallest absolute Gasteiger partial charge is 0.262 e. The van der Waals surface area contributed by atoms with Crippen LogP contribution in [0.5, 0.6) is 11.5 Å². The lowest BCUT2D eigenvalue weighted by molar-refractivity contribution is -0.118. The van der Waals surface area contributed by atoms with Crippen molar-refractivity contribution in [3.63, 3.8) is 0 Å². The van der Waals surface area contributed by atoms with Crippen molar-refractivity contribution in [1.82, 2.24) is 5.32 Å². The maximum atomic E-state index is 12.6. The van der Waals surface area contributed by atoms with Crippen molar-refractivity contribution in [1.29, 1.82) is 0 Å². The van der Waals surface area contributed by atoms with Gasteiger partial charge in [-0.2, -0.15) is 0 Å². The monoisotopic (exact) mass is 418 g/mol. The molecule has 0 bridgehead atoms. The van der Waals surface area contributed by atoms with Gasteiger partial charge >= 0.3 is 0 Å². The molecule has 0 aliphatic heterocycles. The second-order valence-corrected chi connectivity index (χ2v) is 7.03. The van der Waals surface area contributed by atoms with E-state index in [1.165, 1.54) is 0 Å². The minimum Gasteiger partial charge on any atom is -0.493 e. The van der Waals surface area contributed by atoms with Crippen molar-refractivity contribution in [2.45, 2.75) is 13.3 Å². The molecule has 31 heavy (non-hydrogen) atoms. The van der Waals surface area contributed by atoms with Crippen LogP contribution in [0.1, 0.15) is 21.5 Å². The van der Waals surface area contributed by atoms with Gasteiger partial charge in [-0.15, -0.1) is 0 Å². The van der Waals surface area contributed by atoms with Gasteiger partial charge in [-0.05, 0) is 48.7 Å². The molecule has 0 heterocycles. The number of amides is 2. The van der Waals surface area contributed by atoms with Crippen molar-refractivity contribution >= 4 is 17.5 Å². The molecule has 0 unspecified atom stereocenters. The second kappa shape index (κ2) is 10.8. The molecule has 6 nitrogen and oxygen atoms in total. The van der Waals surface area contributed by atoms with Crippen molar-refractivity contribution in [3.05, 3.63) is 89.5 Å². The van der Waals surface area contributed by atoms with Crippen molar-refractivity contribution < 1.29 is 19.1 Å². The van der Waals surface area contributed by atoms with Crippen LogP contribution in [0.3, 0.4) is 0 Å². The summed E-state index contributed by atoms with van der Waals surface area (Å²) in [6, 6.07) is 22.3. The molecule has 0 aliphatic rings. The second-order valence-electron chi connectivity index (χ2n) is 7.03. The molecule has 0 aliphatic carbocycles. The number of nitrogens with one attached hydrogen (secondary N) is 2. The third-order valence-electron chi connectivity index (χ3n) is 4.67. The normalized spacial score (nSPS) is 10.3. The Hall–Kier alpha value is -3.80. The summed E-state index contributed by atoms with van der Waals surface area (Å²) in [5.74, 6) is 0.432. The van der Waals surface area contributed by atoms with Gasteiger partial charge in [0.2, 0.25) is 0 Å². The molecule has 0 atom stereocenters. The topological polar surface area (TPSA) is 76.7 Å². The number of carbonyl (C=O) groups is 2. The van der Waals surface area contributed by atoms with Crippen LogP contribution in [0, 0.1) is 6.92 Å². The molecule has 160 valence electrons.